The number of ether oxygens (including phenoxy) is 6. The van der Waals surface area contributed by atoms with Gasteiger partial charge in [0.1, 0.15) is 23.9 Å². The summed E-state index contributed by atoms with van der Waals surface area (Å²) in [5.74, 6) is -4.24. The van der Waals surface area contributed by atoms with Gasteiger partial charge in [0.25, 0.3) is 0 Å². The van der Waals surface area contributed by atoms with E-state index in [1.165, 1.54) is 14.0 Å². The number of esters is 1. The van der Waals surface area contributed by atoms with Gasteiger partial charge in [-0.2, -0.15) is 0 Å². The largest absolute Gasteiger partial charge is 0.459 e. The van der Waals surface area contributed by atoms with Crippen LogP contribution in [0.5, 0.6) is 0 Å². The van der Waals surface area contributed by atoms with Crippen LogP contribution < -0.4 is 0 Å². The zero-order chi connectivity index (χ0) is 39.7. The number of cyclic esters (lactones) is 1. The molecule has 0 aromatic heterocycles. The van der Waals surface area contributed by atoms with Gasteiger partial charge in [-0.05, 0) is 74.9 Å². The Morgan fingerprint density at radius 1 is 0.923 bits per heavy atom. The van der Waals surface area contributed by atoms with Crippen molar-refractivity contribution in [2.24, 2.45) is 28.8 Å². The quantitative estimate of drug-likeness (QED) is 0.125. The maximum absolute atomic E-state index is 14.1. The van der Waals surface area contributed by atoms with Gasteiger partial charge in [0, 0.05) is 37.3 Å². The number of rotatable bonds is 7. The Morgan fingerprint density at radius 2 is 1.54 bits per heavy atom. The summed E-state index contributed by atoms with van der Waals surface area (Å²) in [6.07, 6.45) is -9.51. The number of oxime groups is 1. The fourth-order valence-corrected chi connectivity index (χ4v) is 8.61. The molecule has 3 fully saturated rings. The van der Waals surface area contributed by atoms with Crippen molar-refractivity contribution in [3.63, 3.8) is 0 Å². The van der Waals surface area contributed by atoms with Crippen LogP contribution in [0.2, 0.25) is 0 Å². The lowest BCUT2D eigenvalue weighted by Gasteiger charge is -2.49. The molecule has 3 aliphatic rings. The molecule has 0 amide bonds. The Morgan fingerprint density at radius 3 is 2.08 bits per heavy atom. The average Bonchev–Trinajstić information content (AvgIpc) is 3.06. The highest BCUT2D eigenvalue weighted by molar-refractivity contribution is 5.88. The van der Waals surface area contributed by atoms with E-state index in [9.17, 15) is 35.5 Å². The van der Waals surface area contributed by atoms with Gasteiger partial charge < -0.3 is 64.1 Å². The van der Waals surface area contributed by atoms with Crippen LogP contribution in [0.15, 0.2) is 5.16 Å². The van der Waals surface area contributed by atoms with Crippen LogP contribution in [0, 0.1) is 23.7 Å². The number of carbonyl (C=O) groups is 1. The third-order valence-electron chi connectivity index (χ3n) is 12.0. The first-order valence-electron chi connectivity index (χ1n) is 18.7. The van der Waals surface area contributed by atoms with Gasteiger partial charge in [-0.3, -0.25) is 4.79 Å². The molecule has 0 bridgehead atoms. The number of carbonyl (C=O) groups excluding carboxylic acids is 1. The van der Waals surface area contributed by atoms with Gasteiger partial charge in [0.05, 0.1) is 53.4 Å². The Balaban J connectivity index is 2.21. The predicted octanol–water partition coefficient (Wildman–Crippen LogP) is 2.05. The lowest BCUT2D eigenvalue weighted by Crippen LogP contribution is -2.61. The van der Waals surface area contributed by atoms with Crippen LogP contribution in [0.1, 0.15) is 94.9 Å². The van der Waals surface area contributed by atoms with E-state index >= 15 is 0 Å². The van der Waals surface area contributed by atoms with Crippen molar-refractivity contribution in [3.8, 4) is 0 Å². The molecule has 0 radical (unpaired) electrons. The van der Waals surface area contributed by atoms with Gasteiger partial charge in [-0.1, -0.05) is 32.9 Å². The first-order valence-corrected chi connectivity index (χ1v) is 18.7. The van der Waals surface area contributed by atoms with Gasteiger partial charge in [0.2, 0.25) is 0 Å². The van der Waals surface area contributed by atoms with Crippen molar-refractivity contribution in [2.75, 3.05) is 21.2 Å². The molecule has 0 spiro atoms. The van der Waals surface area contributed by atoms with E-state index in [2.05, 4.69) is 5.16 Å². The number of aliphatic hydroxyl groups is 5. The van der Waals surface area contributed by atoms with Gasteiger partial charge >= 0.3 is 5.97 Å². The van der Waals surface area contributed by atoms with Gasteiger partial charge in [-0.15, -0.1) is 0 Å². The van der Waals surface area contributed by atoms with Crippen molar-refractivity contribution in [1.82, 2.24) is 4.90 Å². The molecule has 0 aromatic carbocycles. The van der Waals surface area contributed by atoms with Gasteiger partial charge in [0.15, 0.2) is 12.6 Å². The van der Waals surface area contributed by atoms with Crippen LogP contribution in [0.4, 0.5) is 0 Å². The number of nitrogens with zero attached hydrogens (tertiary/aromatic N) is 2. The molecule has 52 heavy (non-hydrogen) atoms. The van der Waals surface area contributed by atoms with Crippen LogP contribution in [0.3, 0.4) is 0 Å². The fourth-order valence-electron chi connectivity index (χ4n) is 8.61. The smallest absolute Gasteiger partial charge is 0.311 e. The van der Waals surface area contributed by atoms with E-state index < -0.39 is 102 Å². The first-order chi connectivity index (χ1) is 24.0. The zero-order valence-corrected chi connectivity index (χ0v) is 33.4. The topological polar surface area (TPSA) is 209 Å². The number of methoxy groups -OCH3 is 1. The molecule has 0 aliphatic carbocycles. The third-order valence-corrected chi connectivity index (χ3v) is 12.0. The van der Waals surface area contributed by atoms with Crippen molar-refractivity contribution in [1.29, 1.82) is 0 Å². The molecule has 6 N–H and O–H groups in total. The minimum Gasteiger partial charge on any atom is -0.459 e. The standard InChI is InChI=1S/C37H68N2O13/c1-14-25-37(10,45)30(41)20(4)27(38-46)18(2)16-35(8,44)32(52-34-28(40)24(39(11)12)15-19(3)48-34)21(5)29(22(6)33(43)50-25)51-26-17-36(9,47-13)31(42)23(7)49-26/h18-26,28-32,34,40-42,44-46H,14-17H2,1-13H3/b38-27+/t18-,19-,20+,21+,22-,23+,24+,25-,26+,28-,29+,30-,31?,32-,34+,35-,36-,37-/m1/s1. The summed E-state index contributed by atoms with van der Waals surface area (Å²) in [5, 5.41) is 71.8. The fraction of sp³-hybridized carbons (Fsp3) is 0.946. The van der Waals surface area contributed by atoms with E-state index in [4.69, 9.17) is 28.4 Å². The molecule has 18 atom stereocenters. The molecule has 0 saturated carbocycles. The summed E-state index contributed by atoms with van der Waals surface area (Å²) >= 11 is 0. The molecule has 15 nitrogen and oxygen atoms in total. The second-order valence-corrected chi connectivity index (χ2v) is 16.6. The Hall–Kier alpha value is -1.50. The Bertz CT molecular complexity index is 1200. The Labute approximate surface area is 309 Å². The monoisotopic (exact) mass is 748 g/mol. The number of hydrogen-bond acceptors (Lipinski definition) is 15. The third kappa shape index (κ3) is 9.47. The van der Waals surface area contributed by atoms with Crippen LogP contribution in [-0.2, 0) is 33.2 Å². The zero-order valence-electron chi connectivity index (χ0n) is 33.4. The maximum atomic E-state index is 14.1. The van der Waals surface area contributed by atoms with Crippen LogP contribution >= 0.6 is 0 Å². The highest BCUT2D eigenvalue weighted by Crippen LogP contribution is 2.41. The molecular formula is C37H68N2O13. The van der Waals surface area contributed by atoms with E-state index in [1.807, 2.05) is 25.9 Å². The number of likely N-dealkylation sites (N-methyl/N-ethyl adjacent to an activating group) is 1. The van der Waals surface area contributed by atoms with E-state index in [0.29, 0.717) is 6.42 Å². The van der Waals surface area contributed by atoms with Crippen LogP contribution in [-0.4, -0.2) is 153 Å². The summed E-state index contributed by atoms with van der Waals surface area (Å²) in [6.45, 7) is 16.6. The normalized spacial score (nSPS) is 49.8. The van der Waals surface area contributed by atoms with Crippen molar-refractivity contribution in [3.05, 3.63) is 0 Å². The van der Waals surface area contributed by atoms with E-state index in [1.54, 1.807) is 55.4 Å². The molecule has 3 heterocycles. The summed E-state index contributed by atoms with van der Waals surface area (Å²) < 4.78 is 37.2. The lowest BCUT2D eigenvalue weighted by molar-refractivity contribution is -0.317. The summed E-state index contributed by atoms with van der Waals surface area (Å²) in [6, 6.07) is -0.322. The molecule has 3 aliphatic heterocycles. The van der Waals surface area contributed by atoms with Crippen molar-refractivity contribution in [2.45, 2.75) is 179 Å². The van der Waals surface area contributed by atoms with Crippen molar-refractivity contribution < 1.29 is 64.0 Å². The highest BCUT2D eigenvalue weighted by Gasteiger charge is 2.53. The summed E-state index contributed by atoms with van der Waals surface area (Å²) in [7, 11) is 5.19. The minimum absolute atomic E-state index is 0.0657. The summed E-state index contributed by atoms with van der Waals surface area (Å²) in [5.41, 5.74) is -4.68. The van der Waals surface area contributed by atoms with E-state index in [0.717, 1.165) is 0 Å². The second kappa shape index (κ2) is 17.5. The summed E-state index contributed by atoms with van der Waals surface area (Å²) in [4.78, 5) is 16.0. The predicted molar refractivity (Wildman–Crippen MR) is 190 cm³/mol. The highest BCUT2D eigenvalue weighted by atomic mass is 16.7. The van der Waals surface area contributed by atoms with Crippen LogP contribution in [0.25, 0.3) is 0 Å². The second-order valence-electron chi connectivity index (χ2n) is 16.6. The maximum Gasteiger partial charge on any atom is 0.311 e. The average molecular weight is 749 g/mol. The molecule has 15 heteroatoms. The lowest BCUT2D eigenvalue weighted by atomic mass is 9.73. The van der Waals surface area contributed by atoms with Gasteiger partial charge in [-0.25, -0.2) is 0 Å². The van der Waals surface area contributed by atoms with E-state index in [-0.39, 0.29) is 37.1 Å². The number of hydrogen-bond donors (Lipinski definition) is 6. The molecule has 3 rings (SSSR count). The van der Waals surface area contributed by atoms with Crippen molar-refractivity contribution >= 4 is 11.7 Å². The molecule has 0 aromatic rings. The Kier molecular flexibility index (Phi) is 15.1. The molecule has 304 valence electrons. The molecular weight excluding hydrogens is 680 g/mol. The number of aliphatic hydroxyl groups excluding tert-OH is 3. The minimum atomic E-state index is -1.97. The molecule has 3 saturated heterocycles. The SMILES string of the molecule is CC[C@H]1OC(=O)[C@H](C)[C@@H](O[C@H]2C[C@@](C)(OC)C(O)[C@H](C)O2)[C@H](C)[C@@H](O[C@@H]2O[C@H](C)C[C@H](N(C)C)[C@H]2O)[C@](C)(O)C[C@@H](C)/C(=N\O)[C@H](C)[C@@H](O)[C@]1(C)O. The first kappa shape index (κ1) is 44.9. The molecule has 1 unspecified atom stereocenters.